The van der Waals surface area contributed by atoms with Gasteiger partial charge < -0.3 is 5.11 Å². The molecule has 1 aromatic carbocycles. The van der Waals surface area contributed by atoms with Crippen LogP contribution in [0.5, 0.6) is 0 Å². The van der Waals surface area contributed by atoms with Crippen LogP contribution in [0.25, 0.3) is 0 Å². The molecule has 1 N–H and O–H groups in total. The maximum Gasteiger partial charge on any atom is 0.0943 e. The highest BCUT2D eigenvalue weighted by atomic mass is 35.5. The molecule has 0 amide bonds. The Labute approximate surface area is 115 Å². The van der Waals surface area contributed by atoms with Crippen LogP contribution in [-0.4, -0.2) is 5.11 Å². The quantitative estimate of drug-likeness (QED) is 0.777. The highest BCUT2D eigenvalue weighted by Gasteiger charge is 2.46. The smallest absolute Gasteiger partial charge is 0.0943 e. The predicted octanol–water partition coefficient (Wildman–Crippen LogP) is 4.76. The normalized spacial score (nSPS) is 29.3. The van der Waals surface area contributed by atoms with Crippen molar-refractivity contribution in [2.24, 2.45) is 11.3 Å². The van der Waals surface area contributed by atoms with E-state index < -0.39 is 5.60 Å². The molecule has 1 fully saturated rings. The lowest BCUT2D eigenvalue weighted by Gasteiger charge is -2.47. The summed E-state index contributed by atoms with van der Waals surface area (Å²) in [7, 11) is 0. The molecule has 2 unspecified atom stereocenters. The van der Waals surface area contributed by atoms with Crippen molar-refractivity contribution in [2.75, 3.05) is 0 Å². The summed E-state index contributed by atoms with van der Waals surface area (Å²) in [5.74, 6) is 0.263. The van der Waals surface area contributed by atoms with Crippen LogP contribution in [0.3, 0.4) is 0 Å². The molecule has 1 aromatic rings. The van der Waals surface area contributed by atoms with E-state index in [1.165, 1.54) is 6.42 Å². The standard InChI is InChI=1S/C16H23ClO/c1-15(2,3)14-10-6-7-11-16(14,18)12-8-4-5-9-13(12)17/h4-5,8-9,14,18H,6-7,10-11H2,1-3H3. The van der Waals surface area contributed by atoms with E-state index in [-0.39, 0.29) is 11.3 Å². The van der Waals surface area contributed by atoms with Gasteiger partial charge in [0.2, 0.25) is 0 Å². The molecular formula is C16H23ClO. The average molecular weight is 267 g/mol. The van der Waals surface area contributed by atoms with Crippen LogP contribution in [0, 0.1) is 11.3 Å². The molecule has 2 heteroatoms. The van der Waals surface area contributed by atoms with Crippen molar-refractivity contribution >= 4 is 11.6 Å². The van der Waals surface area contributed by atoms with E-state index in [4.69, 9.17) is 11.6 Å². The second kappa shape index (κ2) is 4.86. The molecule has 100 valence electrons. The molecule has 18 heavy (non-hydrogen) atoms. The largest absolute Gasteiger partial charge is 0.385 e. The molecule has 0 saturated heterocycles. The molecule has 0 aliphatic heterocycles. The molecule has 2 rings (SSSR count). The third-order valence-electron chi connectivity index (χ3n) is 4.26. The van der Waals surface area contributed by atoms with Crippen LogP contribution < -0.4 is 0 Å². The summed E-state index contributed by atoms with van der Waals surface area (Å²) in [6.07, 6.45) is 4.17. The summed E-state index contributed by atoms with van der Waals surface area (Å²) >= 11 is 6.30. The van der Waals surface area contributed by atoms with Gasteiger partial charge in [-0.25, -0.2) is 0 Å². The summed E-state index contributed by atoms with van der Waals surface area (Å²) in [6.45, 7) is 6.64. The monoisotopic (exact) mass is 266 g/mol. The van der Waals surface area contributed by atoms with Crippen molar-refractivity contribution in [3.05, 3.63) is 34.9 Å². The maximum absolute atomic E-state index is 11.2. The van der Waals surface area contributed by atoms with Crippen LogP contribution in [0.15, 0.2) is 24.3 Å². The molecule has 0 bridgehead atoms. The van der Waals surface area contributed by atoms with Gasteiger partial charge in [0.1, 0.15) is 0 Å². The molecule has 0 heterocycles. The molecule has 1 saturated carbocycles. The Morgan fingerprint density at radius 1 is 1.22 bits per heavy atom. The fourth-order valence-corrected chi connectivity index (χ4v) is 3.74. The average Bonchev–Trinajstić information content (AvgIpc) is 2.28. The number of hydrogen-bond acceptors (Lipinski definition) is 1. The van der Waals surface area contributed by atoms with Gasteiger partial charge in [0.25, 0.3) is 0 Å². The first-order valence-corrected chi connectivity index (χ1v) is 7.21. The van der Waals surface area contributed by atoms with Gasteiger partial charge in [0, 0.05) is 10.6 Å². The molecule has 0 spiro atoms. The van der Waals surface area contributed by atoms with E-state index in [9.17, 15) is 5.11 Å². The van der Waals surface area contributed by atoms with E-state index in [2.05, 4.69) is 20.8 Å². The zero-order chi connectivity index (χ0) is 13.4. The molecule has 1 aliphatic rings. The van der Waals surface area contributed by atoms with E-state index >= 15 is 0 Å². The van der Waals surface area contributed by atoms with Crippen molar-refractivity contribution in [1.29, 1.82) is 0 Å². The number of benzene rings is 1. The van der Waals surface area contributed by atoms with Crippen molar-refractivity contribution in [1.82, 2.24) is 0 Å². The van der Waals surface area contributed by atoms with Crippen LogP contribution in [0.4, 0.5) is 0 Å². The minimum atomic E-state index is -0.769. The van der Waals surface area contributed by atoms with E-state index in [0.29, 0.717) is 5.02 Å². The van der Waals surface area contributed by atoms with Gasteiger partial charge in [-0.05, 0) is 30.2 Å². The lowest BCUT2D eigenvalue weighted by atomic mass is 9.61. The molecular weight excluding hydrogens is 244 g/mol. The van der Waals surface area contributed by atoms with Crippen molar-refractivity contribution < 1.29 is 5.11 Å². The predicted molar refractivity (Wildman–Crippen MR) is 76.8 cm³/mol. The zero-order valence-corrected chi connectivity index (χ0v) is 12.3. The van der Waals surface area contributed by atoms with E-state index in [1.807, 2.05) is 24.3 Å². The van der Waals surface area contributed by atoms with E-state index in [0.717, 1.165) is 24.8 Å². The maximum atomic E-state index is 11.2. The van der Waals surface area contributed by atoms with Crippen molar-refractivity contribution in [3.8, 4) is 0 Å². The van der Waals surface area contributed by atoms with Gasteiger partial charge in [0.15, 0.2) is 0 Å². The molecule has 1 aliphatic carbocycles. The minimum absolute atomic E-state index is 0.0916. The van der Waals surface area contributed by atoms with Gasteiger partial charge in [0.05, 0.1) is 5.60 Å². The summed E-state index contributed by atoms with van der Waals surface area (Å²) < 4.78 is 0. The van der Waals surface area contributed by atoms with Crippen LogP contribution in [-0.2, 0) is 5.60 Å². The summed E-state index contributed by atoms with van der Waals surface area (Å²) in [6, 6.07) is 7.74. The summed E-state index contributed by atoms with van der Waals surface area (Å²) in [5, 5.41) is 11.9. The van der Waals surface area contributed by atoms with Gasteiger partial charge >= 0.3 is 0 Å². The first kappa shape index (κ1) is 13.9. The lowest BCUT2D eigenvalue weighted by Crippen LogP contribution is -2.44. The third kappa shape index (κ3) is 2.44. The summed E-state index contributed by atoms with van der Waals surface area (Å²) in [5.41, 5.74) is 0.231. The highest BCUT2D eigenvalue weighted by Crippen LogP contribution is 2.50. The lowest BCUT2D eigenvalue weighted by molar-refractivity contribution is -0.0958. The Hall–Kier alpha value is -0.530. The second-order valence-electron chi connectivity index (χ2n) is 6.57. The Balaban J connectivity index is 2.46. The van der Waals surface area contributed by atoms with Crippen LogP contribution in [0.2, 0.25) is 5.02 Å². The topological polar surface area (TPSA) is 20.2 Å². The number of aliphatic hydroxyl groups is 1. The molecule has 0 radical (unpaired) electrons. The Kier molecular flexibility index (Phi) is 3.75. The molecule has 1 nitrogen and oxygen atoms in total. The van der Waals surface area contributed by atoms with Gasteiger partial charge in [-0.15, -0.1) is 0 Å². The fraction of sp³-hybridized carbons (Fsp3) is 0.625. The van der Waals surface area contributed by atoms with Crippen LogP contribution in [0.1, 0.15) is 52.0 Å². The van der Waals surface area contributed by atoms with Crippen molar-refractivity contribution in [2.45, 2.75) is 52.1 Å². The van der Waals surface area contributed by atoms with Crippen LogP contribution >= 0.6 is 11.6 Å². The second-order valence-corrected chi connectivity index (χ2v) is 6.98. The first-order valence-electron chi connectivity index (χ1n) is 6.83. The first-order chi connectivity index (χ1) is 8.36. The summed E-state index contributed by atoms with van der Waals surface area (Å²) in [4.78, 5) is 0. The van der Waals surface area contributed by atoms with Crippen molar-refractivity contribution in [3.63, 3.8) is 0 Å². The number of rotatable bonds is 1. The third-order valence-corrected chi connectivity index (χ3v) is 4.59. The molecule has 2 atom stereocenters. The highest BCUT2D eigenvalue weighted by molar-refractivity contribution is 6.31. The Morgan fingerprint density at radius 2 is 1.89 bits per heavy atom. The van der Waals surface area contributed by atoms with Gasteiger partial charge in [-0.1, -0.05) is 63.4 Å². The Morgan fingerprint density at radius 3 is 2.50 bits per heavy atom. The zero-order valence-electron chi connectivity index (χ0n) is 11.5. The number of hydrogen-bond donors (Lipinski definition) is 1. The Bertz CT molecular complexity index is 421. The fourth-order valence-electron chi connectivity index (χ4n) is 3.44. The van der Waals surface area contributed by atoms with E-state index in [1.54, 1.807) is 0 Å². The SMILES string of the molecule is CC(C)(C)C1CCCCC1(O)c1ccccc1Cl. The minimum Gasteiger partial charge on any atom is -0.385 e. The molecule has 0 aromatic heterocycles. The number of halogens is 1. The van der Waals surface area contributed by atoms with Gasteiger partial charge in [-0.3, -0.25) is 0 Å². The van der Waals surface area contributed by atoms with Gasteiger partial charge in [-0.2, -0.15) is 0 Å².